The van der Waals surface area contributed by atoms with Crippen LogP contribution in [0, 0.1) is 0 Å². The molecule has 2 aromatic carbocycles. The molecule has 0 spiro atoms. The van der Waals surface area contributed by atoms with Crippen molar-refractivity contribution in [2.24, 2.45) is 0 Å². The van der Waals surface area contributed by atoms with E-state index in [-0.39, 0.29) is 5.91 Å². The standard InChI is InChI=1S/C27H23N7O2S/c1-36-23-13-12-20(16-22(23)34-27(18-9-10-18)29-31-32-34)28-25(35)14-11-19-17-33(21-6-3-2-4-7-21)30-26(19)24-8-5-15-37-24/h2-8,11-18H,9-10H2,1H3,(H,28,35)/b14-11+. The molecule has 10 heteroatoms. The molecule has 1 N–H and O–H groups in total. The first kappa shape index (κ1) is 22.9. The average Bonchev–Trinajstić information content (AvgIpc) is 3.30. The summed E-state index contributed by atoms with van der Waals surface area (Å²) in [5.74, 6) is 1.52. The minimum Gasteiger partial charge on any atom is -0.494 e. The van der Waals surface area contributed by atoms with E-state index in [9.17, 15) is 4.79 Å². The summed E-state index contributed by atoms with van der Waals surface area (Å²) in [4.78, 5) is 13.9. The molecule has 9 nitrogen and oxygen atoms in total. The Labute approximate surface area is 217 Å². The van der Waals surface area contributed by atoms with Crippen LogP contribution in [-0.4, -0.2) is 43.0 Å². The van der Waals surface area contributed by atoms with Crippen molar-refractivity contribution in [1.29, 1.82) is 0 Å². The van der Waals surface area contributed by atoms with Crippen molar-refractivity contribution in [3.8, 4) is 27.7 Å². The number of para-hydroxylation sites is 1. The molecular formula is C27H23N7O2S. The van der Waals surface area contributed by atoms with Crippen LogP contribution in [0.2, 0.25) is 0 Å². The van der Waals surface area contributed by atoms with Gasteiger partial charge in [0.15, 0.2) is 5.82 Å². The predicted octanol–water partition coefficient (Wildman–Crippen LogP) is 5.11. The minimum absolute atomic E-state index is 0.264. The summed E-state index contributed by atoms with van der Waals surface area (Å²) in [7, 11) is 1.60. The summed E-state index contributed by atoms with van der Waals surface area (Å²) in [6.45, 7) is 0. The maximum absolute atomic E-state index is 12.9. The van der Waals surface area contributed by atoms with Crippen molar-refractivity contribution >= 4 is 29.0 Å². The smallest absolute Gasteiger partial charge is 0.248 e. The van der Waals surface area contributed by atoms with Crippen molar-refractivity contribution in [1.82, 2.24) is 30.0 Å². The molecule has 0 aliphatic heterocycles. The molecule has 1 fully saturated rings. The molecule has 37 heavy (non-hydrogen) atoms. The molecule has 1 amide bonds. The second kappa shape index (κ2) is 9.82. The molecule has 0 bridgehead atoms. The maximum atomic E-state index is 12.9. The van der Waals surface area contributed by atoms with Crippen LogP contribution in [0.5, 0.6) is 5.75 Å². The van der Waals surface area contributed by atoms with Crippen LogP contribution < -0.4 is 10.1 Å². The number of anilines is 1. The summed E-state index contributed by atoms with van der Waals surface area (Å²) in [5.41, 5.74) is 3.91. The molecule has 184 valence electrons. The van der Waals surface area contributed by atoms with Gasteiger partial charge in [-0.1, -0.05) is 24.3 Å². The van der Waals surface area contributed by atoms with E-state index >= 15 is 0 Å². The number of ether oxygens (including phenoxy) is 1. The van der Waals surface area contributed by atoms with Crippen molar-refractivity contribution in [2.75, 3.05) is 12.4 Å². The van der Waals surface area contributed by atoms with Gasteiger partial charge in [0.2, 0.25) is 5.91 Å². The Morgan fingerprint density at radius 1 is 1.14 bits per heavy atom. The predicted molar refractivity (Wildman–Crippen MR) is 142 cm³/mol. The highest BCUT2D eigenvalue weighted by molar-refractivity contribution is 7.13. The molecule has 0 unspecified atom stereocenters. The van der Waals surface area contributed by atoms with E-state index in [0.29, 0.717) is 23.0 Å². The second-order valence-electron chi connectivity index (χ2n) is 8.62. The zero-order valence-electron chi connectivity index (χ0n) is 20.0. The quantitative estimate of drug-likeness (QED) is 0.292. The number of benzene rings is 2. The first-order chi connectivity index (χ1) is 18.2. The van der Waals surface area contributed by atoms with Crippen molar-refractivity contribution in [3.05, 3.63) is 89.7 Å². The SMILES string of the molecule is COc1ccc(NC(=O)/C=C/c2cn(-c3ccccc3)nc2-c2cccs2)cc1-n1nnnc1C1CC1. The lowest BCUT2D eigenvalue weighted by molar-refractivity contribution is -0.111. The molecule has 1 saturated carbocycles. The van der Waals surface area contributed by atoms with Crippen LogP contribution in [0.4, 0.5) is 5.69 Å². The fourth-order valence-electron chi connectivity index (χ4n) is 4.07. The highest BCUT2D eigenvalue weighted by atomic mass is 32.1. The van der Waals surface area contributed by atoms with E-state index in [4.69, 9.17) is 9.84 Å². The second-order valence-corrected chi connectivity index (χ2v) is 9.57. The molecule has 0 saturated heterocycles. The van der Waals surface area contributed by atoms with Gasteiger partial charge in [-0.15, -0.1) is 16.4 Å². The lowest BCUT2D eigenvalue weighted by Crippen LogP contribution is -2.10. The number of nitrogens with zero attached hydrogens (tertiary/aromatic N) is 6. The number of aromatic nitrogens is 6. The lowest BCUT2D eigenvalue weighted by atomic mass is 10.2. The number of methoxy groups -OCH3 is 1. The van der Waals surface area contributed by atoms with E-state index in [1.165, 1.54) is 6.08 Å². The Morgan fingerprint density at radius 2 is 2.00 bits per heavy atom. The number of nitrogens with one attached hydrogen (secondary N) is 1. The molecular weight excluding hydrogens is 486 g/mol. The third-order valence-electron chi connectivity index (χ3n) is 6.04. The average molecular weight is 510 g/mol. The van der Waals surface area contributed by atoms with E-state index in [0.717, 1.165) is 40.5 Å². The Morgan fingerprint density at radius 3 is 2.76 bits per heavy atom. The molecule has 3 aromatic heterocycles. The maximum Gasteiger partial charge on any atom is 0.248 e. The zero-order valence-corrected chi connectivity index (χ0v) is 20.8. The van der Waals surface area contributed by atoms with E-state index < -0.39 is 0 Å². The van der Waals surface area contributed by atoms with E-state index in [1.54, 1.807) is 41.3 Å². The first-order valence-corrected chi connectivity index (χ1v) is 12.7. The Kier molecular flexibility index (Phi) is 6.07. The van der Waals surface area contributed by atoms with Crippen LogP contribution in [0.25, 0.3) is 28.0 Å². The molecule has 3 heterocycles. The molecule has 6 rings (SSSR count). The monoisotopic (exact) mass is 509 g/mol. The van der Waals surface area contributed by atoms with E-state index in [1.807, 2.05) is 64.8 Å². The zero-order chi connectivity index (χ0) is 25.2. The van der Waals surface area contributed by atoms with Gasteiger partial charge in [-0.05, 0) is 71.1 Å². The highest BCUT2D eigenvalue weighted by Gasteiger charge is 2.30. The van der Waals surface area contributed by atoms with Gasteiger partial charge in [0.05, 0.1) is 17.7 Å². The number of carbonyl (C=O) groups excluding carboxylic acids is 1. The molecule has 1 aliphatic rings. The number of hydrogen-bond donors (Lipinski definition) is 1. The van der Waals surface area contributed by atoms with Gasteiger partial charge >= 0.3 is 0 Å². The Hall–Kier alpha value is -4.57. The molecule has 0 atom stereocenters. The number of tetrazole rings is 1. The van der Waals surface area contributed by atoms with E-state index in [2.05, 4.69) is 20.8 Å². The Bertz CT molecular complexity index is 1570. The lowest BCUT2D eigenvalue weighted by Gasteiger charge is -2.12. The summed E-state index contributed by atoms with van der Waals surface area (Å²) in [5, 5.41) is 21.9. The summed E-state index contributed by atoms with van der Waals surface area (Å²) in [6, 6.07) is 19.3. The number of amides is 1. The minimum atomic E-state index is -0.264. The van der Waals surface area contributed by atoms with Crippen LogP contribution in [0.3, 0.4) is 0 Å². The topological polar surface area (TPSA) is 99.8 Å². The van der Waals surface area contributed by atoms with Gasteiger partial charge < -0.3 is 10.1 Å². The van der Waals surface area contributed by atoms with Gasteiger partial charge in [-0.2, -0.15) is 9.78 Å². The third kappa shape index (κ3) is 4.78. The number of hydrogen-bond acceptors (Lipinski definition) is 7. The molecule has 0 radical (unpaired) electrons. The Balaban J connectivity index is 1.26. The van der Waals surface area contributed by atoms with Crippen molar-refractivity contribution < 1.29 is 9.53 Å². The number of thiophene rings is 1. The van der Waals surface area contributed by atoms with Gasteiger partial charge in [0.25, 0.3) is 0 Å². The number of carbonyl (C=O) groups is 1. The van der Waals surface area contributed by atoms with Gasteiger partial charge in [-0.25, -0.2) is 4.68 Å². The van der Waals surface area contributed by atoms with Gasteiger partial charge in [-0.3, -0.25) is 4.79 Å². The van der Waals surface area contributed by atoms with Gasteiger partial charge in [0, 0.05) is 29.4 Å². The van der Waals surface area contributed by atoms with Crippen molar-refractivity contribution in [2.45, 2.75) is 18.8 Å². The summed E-state index contributed by atoms with van der Waals surface area (Å²) >= 11 is 1.61. The van der Waals surface area contributed by atoms with Crippen LogP contribution in [-0.2, 0) is 4.79 Å². The number of rotatable bonds is 8. The normalized spacial score (nSPS) is 13.2. The first-order valence-electron chi connectivity index (χ1n) is 11.8. The fraction of sp³-hybridized carbons (Fsp3) is 0.148. The van der Waals surface area contributed by atoms with Crippen LogP contribution in [0.15, 0.2) is 78.3 Å². The van der Waals surface area contributed by atoms with Gasteiger partial charge in [0.1, 0.15) is 17.1 Å². The van der Waals surface area contributed by atoms with Crippen molar-refractivity contribution in [3.63, 3.8) is 0 Å². The fourth-order valence-corrected chi connectivity index (χ4v) is 4.80. The van der Waals surface area contributed by atoms with Crippen LogP contribution >= 0.6 is 11.3 Å². The summed E-state index contributed by atoms with van der Waals surface area (Å²) < 4.78 is 9.04. The third-order valence-corrected chi connectivity index (χ3v) is 6.92. The highest BCUT2D eigenvalue weighted by Crippen LogP contribution is 2.40. The molecule has 1 aliphatic carbocycles. The largest absolute Gasteiger partial charge is 0.494 e. The van der Waals surface area contributed by atoms with Crippen LogP contribution in [0.1, 0.15) is 30.1 Å². The molecule has 5 aromatic rings. The summed E-state index contributed by atoms with van der Waals surface area (Å²) in [6.07, 6.45) is 7.36.